The number of carboxylic acids is 1. The lowest BCUT2D eigenvalue weighted by Crippen LogP contribution is -2.51. The minimum atomic E-state index is -0.833. The molecule has 3 rings (SSSR count). The van der Waals surface area contributed by atoms with Crippen LogP contribution in [0, 0.1) is 5.41 Å². The predicted octanol–water partition coefficient (Wildman–Crippen LogP) is 2.24. The van der Waals surface area contributed by atoms with E-state index in [4.69, 9.17) is 32.6 Å². The average Bonchev–Trinajstić information content (AvgIpc) is 2.74. The number of nitrogen functional groups attached to an aromatic ring is 1. The first-order chi connectivity index (χ1) is 14.7. The molecule has 2 amide bonds. The van der Waals surface area contributed by atoms with Gasteiger partial charge in [-0.25, -0.2) is 0 Å². The Morgan fingerprint density at radius 1 is 0.935 bits per heavy atom. The summed E-state index contributed by atoms with van der Waals surface area (Å²) in [7, 11) is 0. The maximum Gasteiger partial charge on any atom is 0.300 e. The van der Waals surface area contributed by atoms with E-state index in [1.165, 1.54) is 0 Å². The molecule has 0 radical (unpaired) electrons. The third kappa shape index (κ3) is 7.42. The van der Waals surface area contributed by atoms with Crippen molar-refractivity contribution in [1.82, 2.24) is 9.80 Å². The van der Waals surface area contributed by atoms with E-state index in [2.05, 4.69) is 0 Å². The number of nitrogens with two attached hydrogens (primary N) is 1. The topological polar surface area (TPSA) is 128 Å². The molecule has 1 heterocycles. The highest BCUT2D eigenvalue weighted by atomic mass is 35.5. The fourth-order valence-electron chi connectivity index (χ4n) is 3.02. The Morgan fingerprint density at radius 3 is 1.87 bits per heavy atom. The highest BCUT2D eigenvalue weighted by Crippen LogP contribution is 2.13. The molecule has 9 heteroatoms. The van der Waals surface area contributed by atoms with Gasteiger partial charge in [-0.05, 0) is 29.8 Å². The van der Waals surface area contributed by atoms with Gasteiger partial charge < -0.3 is 20.6 Å². The molecule has 2 aromatic carbocycles. The third-order valence-corrected chi connectivity index (χ3v) is 4.88. The molecule has 164 valence electrons. The van der Waals surface area contributed by atoms with Crippen LogP contribution in [0.2, 0.25) is 5.02 Å². The first-order valence-electron chi connectivity index (χ1n) is 9.63. The van der Waals surface area contributed by atoms with Gasteiger partial charge in [0, 0.05) is 49.3 Å². The Labute approximate surface area is 185 Å². The van der Waals surface area contributed by atoms with E-state index >= 15 is 0 Å². The number of carboxylic acid groups (broad SMARTS) is 1. The minimum Gasteiger partial charge on any atom is -0.481 e. The molecule has 0 saturated carbocycles. The minimum absolute atomic E-state index is 0.0261. The third-order valence-electron chi connectivity index (χ3n) is 4.63. The number of amidine groups is 1. The number of carbonyl (C=O) groups is 3. The van der Waals surface area contributed by atoms with E-state index in [0.29, 0.717) is 48.7 Å². The first kappa shape index (κ1) is 23.9. The zero-order valence-electron chi connectivity index (χ0n) is 17.2. The van der Waals surface area contributed by atoms with Crippen molar-refractivity contribution < 1.29 is 19.5 Å². The van der Waals surface area contributed by atoms with Gasteiger partial charge in [-0.15, -0.1) is 0 Å². The average molecular weight is 445 g/mol. The van der Waals surface area contributed by atoms with E-state index in [1.807, 2.05) is 12.1 Å². The quantitative estimate of drug-likeness (QED) is 0.492. The molecule has 1 saturated heterocycles. The van der Waals surface area contributed by atoms with E-state index in [9.17, 15) is 9.59 Å². The lowest BCUT2D eigenvalue weighted by molar-refractivity contribution is -0.134. The van der Waals surface area contributed by atoms with Crippen molar-refractivity contribution in [1.29, 1.82) is 5.41 Å². The van der Waals surface area contributed by atoms with Gasteiger partial charge in [0.15, 0.2) is 0 Å². The SMILES string of the molecule is CC(=O)O.N=C(N)c1ccc(C(=O)N2CCN(C(=O)Cc3ccc(Cl)cc3)CC2)cc1. The van der Waals surface area contributed by atoms with Crippen LogP contribution in [0.5, 0.6) is 0 Å². The van der Waals surface area contributed by atoms with Gasteiger partial charge >= 0.3 is 0 Å². The maximum absolute atomic E-state index is 12.6. The van der Waals surface area contributed by atoms with Crippen LogP contribution >= 0.6 is 11.6 Å². The molecule has 0 spiro atoms. The molecule has 0 atom stereocenters. The molecule has 4 N–H and O–H groups in total. The molecule has 0 aliphatic carbocycles. The number of nitrogens with one attached hydrogen (secondary N) is 1. The zero-order valence-corrected chi connectivity index (χ0v) is 17.9. The van der Waals surface area contributed by atoms with Crippen molar-refractivity contribution in [2.24, 2.45) is 5.73 Å². The van der Waals surface area contributed by atoms with E-state index < -0.39 is 5.97 Å². The molecular formula is C22H25ClN4O4. The second kappa shape index (κ2) is 11.1. The lowest BCUT2D eigenvalue weighted by Gasteiger charge is -2.35. The number of halogens is 1. The van der Waals surface area contributed by atoms with E-state index in [1.54, 1.807) is 46.2 Å². The Kier molecular flexibility index (Phi) is 8.57. The van der Waals surface area contributed by atoms with Crippen LogP contribution in [-0.2, 0) is 16.0 Å². The summed E-state index contributed by atoms with van der Waals surface area (Å²) < 4.78 is 0. The fraction of sp³-hybridized carbons (Fsp3) is 0.273. The molecule has 0 bridgehead atoms. The largest absolute Gasteiger partial charge is 0.481 e. The maximum atomic E-state index is 12.6. The van der Waals surface area contributed by atoms with Crippen molar-refractivity contribution in [2.45, 2.75) is 13.3 Å². The fourth-order valence-corrected chi connectivity index (χ4v) is 3.15. The molecule has 1 fully saturated rings. The summed E-state index contributed by atoms with van der Waals surface area (Å²) in [4.78, 5) is 37.6. The zero-order chi connectivity index (χ0) is 23.0. The van der Waals surface area contributed by atoms with Crippen molar-refractivity contribution in [3.63, 3.8) is 0 Å². The van der Waals surface area contributed by atoms with Crippen LogP contribution < -0.4 is 5.73 Å². The molecule has 8 nitrogen and oxygen atoms in total. The van der Waals surface area contributed by atoms with E-state index in [-0.39, 0.29) is 17.6 Å². The second-order valence-electron chi connectivity index (χ2n) is 6.99. The van der Waals surface area contributed by atoms with Crippen LogP contribution in [0.1, 0.15) is 28.4 Å². The standard InChI is InChI=1S/C20H21ClN4O2.C2H4O2/c21-17-7-1-14(2-8-17)13-18(26)24-9-11-25(12-10-24)20(27)16-5-3-15(4-6-16)19(22)23;1-2(3)4/h1-8H,9-13H2,(H3,22,23);1H3,(H,3,4). The summed E-state index contributed by atoms with van der Waals surface area (Å²) >= 11 is 5.87. The number of nitrogens with zero attached hydrogens (tertiary/aromatic N) is 2. The number of carbonyl (C=O) groups excluding carboxylic acids is 2. The van der Waals surface area contributed by atoms with Gasteiger partial charge in [0.2, 0.25) is 5.91 Å². The Morgan fingerprint density at radius 2 is 1.39 bits per heavy atom. The smallest absolute Gasteiger partial charge is 0.300 e. The number of hydrogen-bond acceptors (Lipinski definition) is 4. The molecule has 0 aromatic heterocycles. The van der Waals surface area contributed by atoms with Crippen LogP contribution in [0.25, 0.3) is 0 Å². The van der Waals surface area contributed by atoms with Crippen LogP contribution in [0.4, 0.5) is 0 Å². The van der Waals surface area contributed by atoms with Crippen molar-refractivity contribution in [3.05, 3.63) is 70.2 Å². The van der Waals surface area contributed by atoms with Crippen molar-refractivity contribution in [2.75, 3.05) is 26.2 Å². The van der Waals surface area contributed by atoms with Crippen molar-refractivity contribution >= 4 is 35.2 Å². The van der Waals surface area contributed by atoms with Crippen LogP contribution in [0.3, 0.4) is 0 Å². The highest BCUT2D eigenvalue weighted by Gasteiger charge is 2.24. The number of piperazine rings is 1. The molecule has 2 aromatic rings. The van der Waals surface area contributed by atoms with Gasteiger partial charge in [-0.1, -0.05) is 35.9 Å². The monoisotopic (exact) mass is 444 g/mol. The Bertz CT molecular complexity index is 933. The second-order valence-corrected chi connectivity index (χ2v) is 7.42. The van der Waals surface area contributed by atoms with Gasteiger partial charge in [0.05, 0.1) is 6.42 Å². The molecule has 0 unspecified atom stereocenters. The summed E-state index contributed by atoms with van der Waals surface area (Å²) in [5.41, 5.74) is 7.50. The number of rotatable bonds is 4. The summed E-state index contributed by atoms with van der Waals surface area (Å²) in [6, 6.07) is 13.9. The van der Waals surface area contributed by atoms with Crippen molar-refractivity contribution in [3.8, 4) is 0 Å². The molecule has 31 heavy (non-hydrogen) atoms. The number of aliphatic carboxylic acids is 1. The lowest BCUT2D eigenvalue weighted by atomic mass is 10.1. The predicted molar refractivity (Wildman–Crippen MR) is 118 cm³/mol. The van der Waals surface area contributed by atoms with Crippen LogP contribution in [-0.4, -0.2) is 64.7 Å². The van der Waals surface area contributed by atoms with Gasteiger partial charge in [0.25, 0.3) is 11.9 Å². The number of amides is 2. The summed E-state index contributed by atoms with van der Waals surface area (Å²) in [6.07, 6.45) is 0.331. The van der Waals surface area contributed by atoms with Gasteiger partial charge in [-0.2, -0.15) is 0 Å². The van der Waals surface area contributed by atoms with Gasteiger partial charge in [0.1, 0.15) is 5.84 Å². The molecule has 1 aliphatic rings. The number of benzene rings is 2. The summed E-state index contributed by atoms with van der Waals surface area (Å²) in [5, 5.41) is 15.5. The summed E-state index contributed by atoms with van der Waals surface area (Å²) in [5.74, 6) is -0.882. The highest BCUT2D eigenvalue weighted by molar-refractivity contribution is 6.30. The Balaban J connectivity index is 0.000000785. The molecular weight excluding hydrogens is 420 g/mol. The van der Waals surface area contributed by atoms with E-state index in [0.717, 1.165) is 12.5 Å². The number of hydrogen-bond donors (Lipinski definition) is 3. The normalized spacial score (nSPS) is 13.1. The Hall–Kier alpha value is -3.39. The molecule has 1 aliphatic heterocycles. The first-order valence-corrected chi connectivity index (χ1v) is 10.0. The summed E-state index contributed by atoms with van der Waals surface area (Å²) in [6.45, 7) is 3.12. The van der Waals surface area contributed by atoms with Gasteiger partial charge in [-0.3, -0.25) is 19.8 Å². The van der Waals surface area contributed by atoms with Crippen LogP contribution in [0.15, 0.2) is 48.5 Å².